The van der Waals surface area contributed by atoms with Gasteiger partial charge in [0.15, 0.2) is 0 Å². The third-order valence-corrected chi connectivity index (χ3v) is 11.7. The molecule has 0 heterocycles. The summed E-state index contributed by atoms with van der Waals surface area (Å²) in [5.41, 5.74) is 0. The lowest BCUT2D eigenvalue weighted by Gasteiger charge is -2.09. The van der Waals surface area contributed by atoms with Gasteiger partial charge in [-0.15, -0.1) is 0 Å². The highest BCUT2D eigenvalue weighted by Gasteiger charge is 2.01. The first-order valence-electron chi connectivity index (χ1n) is 30.6. The lowest BCUT2D eigenvalue weighted by molar-refractivity contribution is -0.249. The van der Waals surface area contributed by atoms with Crippen molar-refractivity contribution < 1.29 is 100 Å². The van der Waals surface area contributed by atoms with Crippen LogP contribution in [0, 0.1) is 0 Å². The van der Waals surface area contributed by atoms with E-state index >= 15 is 0 Å². The Kier molecular flexibility index (Phi) is 76.3. The van der Waals surface area contributed by atoms with Crippen molar-refractivity contribution in [1.82, 2.24) is 0 Å². The third-order valence-electron chi connectivity index (χ3n) is 11.7. The van der Waals surface area contributed by atoms with Crippen LogP contribution in [0.2, 0.25) is 0 Å². The van der Waals surface area contributed by atoms with E-state index in [0.29, 0.717) is 244 Å². The quantitative estimate of drug-likeness (QED) is 0.0350. The lowest BCUT2D eigenvalue weighted by Crippen LogP contribution is -2.16. The van der Waals surface area contributed by atoms with E-state index in [1.807, 2.05) is 0 Å². The van der Waals surface area contributed by atoms with Crippen LogP contribution in [0.3, 0.4) is 0 Å². The first kappa shape index (κ1) is 78.2. The largest absolute Gasteiger partial charge is 0.379 e. The molecule has 0 amide bonds. The van der Waals surface area contributed by atoms with E-state index in [0.717, 1.165) is 13.0 Å². The molecule has 0 radical (unpaired) electrons. The van der Waals surface area contributed by atoms with Crippen LogP contribution >= 0.6 is 0 Å². The molecule has 21 heteroatoms. The summed E-state index contributed by atoms with van der Waals surface area (Å²) in [5.74, 6) is 0. The summed E-state index contributed by atoms with van der Waals surface area (Å²) in [6, 6.07) is 0. The second-order valence-electron chi connectivity index (χ2n) is 18.5. The Morgan fingerprint density at radius 2 is 0.253 bits per heavy atom. The minimum atomic E-state index is 0.146. The third kappa shape index (κ3) is 77.2. The molecule has 0 bridgehead atoms. The zero-order chi connectivity index (χ0) is 56.4. The van der Waals surface area contributed by atoms with E-state index in [-0.39, 0.29) is 6.61 Å². The normalized spacial score (nSPS) is 11.8. The molecule has 0 aromatic heterocycles. The van der Waals surface area contributed by atoms with Crippen LogP contribution in [0.15, 0.2) is 0 Å². The minimum Gasteiger partial charge on any atom is -0.379 e. The standard InChI is InChI=1S/C58H118O21/c1-2-3-4-5-6-7-8-9-10-11-12-13-14-15-16-17-18-19-20-60-21-22-61-23-24-62-25-26-63-27-28-64-29-30-65-31-32-66-33-34-67-35-36-68-37-38-69-39-40-70-41-42-71-43-44-72-45-46-73-47-48-74-49-50-75-51-52-76-53-54-77-55-56-78-57-58-79-59/h59H,2-58H2,1H3. The van der Waals surface area contributed by atoms with Crippen LogP contribution in [-0.2, 0) is 94.9 Å². The summed E-state index contributed by atoms with van der Waals surface area (Å²) < 4.78 is 105. The van der Waals surface area contributed by atoms with Gasteiger partial charge in [-0.3, -0.25) is 5.26 Å². The Labute approximate surface area is 479 Å². The van der Waals surface area contributed by atoms with Crippen molar-refractivity contribution in [3.05, 3.63) is 0 Å². The molecule has 1 N–H and O–H groups in total. The highest BCUT2D eigenvalue weighted by molar-refractivity contribution is 4.51. The first-order chi connectivity index (χ1) is 39.4. The average molecular weight is 1150 g/mol. The summed E-state index contributed by atoms with van der Waals surface area (Å²) in [4.78, 5) is 3.91. The summed E-state index contributed by atoms with van der Waals surface area (Å²) in [5, 5.41) is 8.18. The molecular formula is C58H118O21. The molecule has 0 aromatic carbocycles. The molecule has 0 saturated heterocycles. The van der Waals surface area contributed by atoms with Gasteiger partial charge in [-0.05, 0) is 6.42 Å². The molecule has 0 spiro atoms. The SMILES string of the molecule is CCCCCCCCCCCCCCCCCCCCOCCOCCOCCOCCOCCOCCOCCOCCOCCOCCOCCOCCOCCOCCOCCOCCOCCOCCOCCOO. The monoisotopic (exact) mass is 1150 g/mol. The van der Waals surface area contributed by atoms with Crippen LogP contribution in [0.25, 0.3) is 0 Å². The molecule has 0 aliphatic heterocycles. The Morgan fingerprint density at radius 1 is 0.139 bits per heavy atom. The Morgan fingerprint density at radius 3 is 0.392 bits per heavy atom. The van der Waals surface area contributed by atoms with Crippen molar-refractivity contribution in [3.8, 4) is 0 Å². The van der Waals surface area contributed by atoms with E-state index < -0.39 is 0 Å². The van der Waals surface area contributed by atoms with Crippen LogP contribution in [-0.4, -0.2) is 263 Å². The van der Waals surface area contributed by atoms with Crippen molar-refractivity contribution in [3.63, 3.8) is 0 Å². The van der Waals surface area contributed by atoms with Crippen molar-refractivity contribution in [2.75, 3.05) is 258 Å². The molecule has 0 unspecified atom stereocenters. The van der Waals surface area contributed by atoms with Crippen molar-refractivity contribution >= 4 is 0 Å². The number of hydrogen-bond donors (Lipinski definition) is 1. The topological polar surface area (TPSA) is 205 Å². The number of hydrogen-bond acceptors (Lipinski definition) is 21. The fourth-order valence-electron chi connectivity index (χ4n) is 7.26. The zero-order valence-electron chi connectivity index (χ0n) is 49.9. The number of unbranched alkanes of at least 4 members (excludes halogenated alkanes) is 17. The van der Waals surface area contributed by atoms with Gasteiger partial charge in [0.2, 0.25) is 0 Å². The maximum atomic E-state index is 8.18. The molecule has 0 aliphatic rings. The van der Waals surface area contributed by atoms with Gasteiger partial charge in [-0.25, -0.2) is 4.89 Å². The highest BCUT2D eigenvalue weighted by atomic mass is 17.1. The lowest BCUT2D eigenvalue weighted by atomic mass is 10.0. The van der Waals surface area contributed by atoms with Gasteiger partial charge in [0.05, 0.1) is 244 Å². The molecule has 0 aromatic rings. The van der Waals surface area contributed by atoms with Gasteiger partial charge in [0.1, 0.15) is 6.61 Å². The average Bonchev–Trinajstić information content (AvgIpc) is 3.46. The maximum Gasteiger partial charge on any atom is 0.105 e. The van der Waals surface area contributed by atoms with E-state index in [2.05, 4.69) is 11.8 Å². The van der Waals surface area contributed by atoms with E-state index in [1.54, 1.807) is 0 Å². The zero-order valence-corrected chi connectivity index (χ0v) is 49.9. The van der Waals surface area contributed by atoms with Crippen LogP contribution in [0.5, 0.6) is 0 Å². The fourth-order valence-corrected chi connectivity index (χ4v) is 7.26. The second-order valence-corrected chi connectivity index (χ2v) is 18.5. The van der Waals surface area contributed by atoms with Crippen molar-refractivity contribution in [2.24, 2.45) is 0 Å². The van der Waals surface area contributed by atoms with Gasteiger partial charge in [-0.2, -0.15) is 0 Å². The van der Waals surface area contributed by atoms with Gasteiger partial charge >= 0.3 is 0 Å². The highest BCUT2D eigenvalue weighted by Crippen LogP contribution is 2.14. The van der Waals surface area contributed by atoms with Gasteiger partial charge < -0.3 is 90.0 Å². The fraction of sp³-hybridized carbons (Fsp3) is 1.00. The predicted molar refractivity (Wildman–Crippen MR) is 303 cm³/mol. The van der Waals surface area contributed by atoms with E-state index in [4.69, 9.17) is 95.3 Å². The smallest absolute Gasteiger partial charge is 0.105 e. The molecule has 0 atom stereocenters. The Hall–Kier alpha value is -0.840. The maximum absolute atomic E-state index is 8.18. The summed E-state index contributed by atoms with van der Waals surface area (Å²) in [6.07, 6.45) is 25.0. The molecule has 476 valence electrons. The first-order valence-corrected chi connectivity index (χ1v) is 30.6. The van der Waals surface area contributed by atoms with Crippen LogP contribution in [0.1, 0.15) is 122 Å². The van der Waals surface area contributed by atoms with Crippen molar-refractivity contribution in [1.29, 1.82) is 0 Å². The molecule has 79 heavy (non-hydrogen) atoms. The van der Waals surface area contributed by atoms with Crippen LogP contribution < -0.4 is 0 Å². The summed E-state index contributed by atoms with van der Waals surface area (Å²) in [7, 11) is 0. The molecule has 0 saturated carbocycles. The van der Waals surface area contributed by atoms with E-state index in [9.17, 15) is 0 Å². The second kappa shape index (κ2) is 77.2. The van der Waals surface area contributed by atoms with E-state index in [1.165, 1.54) is 109 Å². The van der Waals surface area contributed by atoms with Gasteiger partial charge in [-0.1, -0.05) is 116 Å². The van der Waals surface area contributed by atoms with Crippen molar-refractivity contribution in [2.45, 2.75) is 122 Å². The Bertz CT molecular complexity index is 955. The molecule has 21 nitrogen and oxygen atoms in total. The molecule has 0 rings (SSSR count). The Balaban J connectivity index is 3.08. The minimum absolute atomic E-state index is 0.146. The summed E-state index contributed by atoms with van der Waals surface area (Å²) >= 11 is 0. The summed E-state index contributed by atoms with van der Waals surface area (Å²) in [6.45, 7) is 21.8. The molecule has 0 fully saturated rings. The number of ether oxygens (including phenoxy) is 19. The van der Waals surface area contributed by atoms with Gasteiger partial charge in [0.25, 0.3) is 0 Å². The molecule has 0 aliphatic carbocycles. The number of rotatable bonds is 76. The predicted octanol–water partition coefficient (Wildman–Crippen LogP) is 7.83. The van der Waals surface area contributed by atoms with Gasteiger partial charge in [0, 0.05) is 6.61 Å². The van der Waals surface area contributed by atoms with Crippen LogP contribution in [0.4, 0.5) is 0 Å². The molecular weight excluding hydrogens is 1030 g/mol.